The van der Waals surface area contributed by atoms with Crippen molar-refractivity contribution in [3.8, 4) is 0 Å². The minimum atomic E-state index is -0.247. The predicted octanol–water partition coefficient (Wildman–Crippen LogP) is 4.93. The van der Waals surface area contributed by atoms with Crippen LogP contribution in [0.3, 0.4) is 0 Å². The monoisotopic (exact) mass is 366 g/mol. The topological polar surface area (TPSA) is 41.5 Å². The second kappa shape index (κ2) is 8.39. The SMILES string of the molecule is Cc1ccc(S[C@H](C)C(=O)N/N=C\c2ccc(Cl)c(Cl)c2)cc1. The van der Waals surface area contributed by atoms with Crippen molar-refractivity contribution in [1.29, 1.82) is 0 Å². The number of carbonyl (C=O) groups is 1. The van der Waals surface area contributed by atoms with Crippen molar-refractivity contribution in [1.82, 2.24) is 5.43 Å². The first-order chi connectivity index (χ1) is 11.0. The molecule has 1 N–H and O–H groups in total. The average Bonchev–Trinajstić information content (AvgIpc) is 2.53. The van der Waals surface area contributed by atoms with Gasteiger partial charge < -0.3 is 0 Å². The van der Waals surface area contributed by atoms with Crippen LogP contribution in [0.1, 0.15) is 18.1 Å². The van der Waals surface area contributed by atoms with Gasteiger partial charge in [-0.15, -0.1) is 11.8 Å². The molecule has 0 fully saturated rings. The molecule has 0 saturated heterocycles. The van der Waals surface area contributed by atoms with Crippen molar-refractivity contribution in [2.75, 3.05) is 0 Å². The zero-order chi connectivity index (χ0) is 16.8. The Bertz CT molecular complexity index is 717. The summed E-state index contributed by atoms with van der Waals surface area (Å²) in [7, 11) is 0. The summed E-state index contributed by atoms with van der Waals surface area (Å²) in [6.45, 7) is 3.87. The van der Waals surface area contributed by atoms with Crippen LogP contribution in [0.2, 0.25) is 10.0 Å². The quantitative estimate of drug-likeness (QED) is 0.462. The van der Waals surface area contributed by atoms with Gasteiger partial charge in [0.2, 0.25) is 0 Å². The number of nitrogens with zero attached hydrogens (tertiary/aromatic N) is 1. The molecule has 3 nitrogen and oxygen atoms in total. The van der Waals surface area contributed by atoms with Crippen molar-refractivity contribution in [2.24, 2.45) is 5.10 Å². The van der Waals surface area contributed by atoms with E-state index < -0.39 is 0 Å². The number of halogens is 2. The molecule has 2 rings (SSSR count). The number of nitrogens with one attached hydrogen (secondary N) is 1. The highest BCUT2D eigenvalue weighted by Gasteiger charge is 2.13. The predicted molar refractivity (Wildman–Crippen MR) is 98.7 cm³/mol. The fraction of sp³-hybridized carbons (Fsp3) is 0.176. The lowest BCUT2D eigenvalue weighted by molar-refractivity contribution is -0.120. The lowest BCUT2D eigenvalue weighted by Crippen LogP contribution is -2.26. The summed E-state index contributed by atoms with van der Waals surface area (Å²) < 4.78 is 0. The number of hydrogen-bond acceptors (Lipinski definition) is 3. The first kappa shape index (κ1) is 17.9. The van der Waals surface area contributed by atoms with Gasteiger partial charge in [-0.2, -0.15) is 5.10 Å². The molecule has 0 saturated carbocycles. The minimum absolute atomic E-state index is 0.160. The van der Waals surface area contributed by atoms with E-state index in [1.807, 2.05) is 38.1 Å². The molecule has 0 aliphatic rings. The van der Waals surface area contributed by atoms with Gasteiger partial charge in [0, 0.05) is 4.90 Å². The molecule has 1 amide bonds. The fourth-order valence-corrected chi connectivity index (χ4v) is 2.90. The molecule has 0 bridgehead atoms. The van der Waals surface area contributed by atoms with Crippen molar-refractivity contribution in [3.63, 3.8) is 0 Å². The van der Waals surface area contributed by atoms with E-state index in [2.05, 4.69) is 10.5 Å². The molecule has 2 aromatic rings. The van der Waals surface area contributed by atoms with Gasteiger partial charge in [-0.1, -0.05) is 47.0 Å². The van der Waals surface area contributed by atoms with Crippen LogP contribution in [0.25, 0.3) is 0 Å². The van der Waals surface area contributed by atoms with E-state index in [0.29, 0.717) is 10.0 Å². The summed E-state index contributed by atoms with van der Waals surface area (Å²) in [5, 5.41) is 4.63. The van der Waals surface area contributed by atoms with Crippen LogP contribution >= 0.6 is 35.0 Å². The Balaban J connectivity index is 1.89. The van der Waals surface area contributed by atoms with Gasteiger partial charge in [0.05, 0.1) is 21.5 Å². The molecule has 23 heavy (non-hydrogen) atoms. The summed E-state index contributed by atoms with van der Waals surface area (Å²) in [5.41, 5.74) is 4.49. The fourth-order valence-electron chi connectivity index (χ4n) is 1.73. The van der Waals surface area contributed by atoms with Gasteiger partial charge >= 0.3 is 0 Å². The normalized spacial score (nSPS) is 12.3. The summed E-state index contributed by atoms with van der Waals surface area (Å²) >= 11 is 13.3. The van der Waals surface area contributed by atoms with Crippen LogP contribution in [0.5, 0.6) is 0 Å². The Labute approximate surface area is 150 Å². The van der Waals surface area contributed by atoms with Gasteiger partial charge in [0.15, 0.2) is 0 Å². The van der Waals surface area contributed by atoms with E-state index in [0.717, 1.165) is 10.5 Å². The first-order valence-electron chi connectivity index (χ1n) is 6.97. The zero-order valence-electron chi connectivity index (χ0n) is 12.7. The third-order valence-corrected chi connectivity index (χ3v) is 4.89. The Kier molecular flexibility index (Phi) is 6.51. The van der Waals surface area contributed by atoms with Crippen LogP contribution in [0, 0.1) is 6.92 Å². The van der Waals surface area contributed by atoms with E-state index in [1.54, 1.807) is 18.2 Å². The largest absolute Gasteiger partial charge is 0.272 e. The van der Waals surface area contributed by atoms with E-state index in [9.17, 15) is 4.79 Å². The van der Waals surface area contributed by atoms with Crippen molar-refractivity contribution in [2.45, 2.75) is 24.0 Å². The summed E-state index contributed by atoms with van der Waals surface area (Å²) in [6, 6.07) is 13.2. The maximum atomic E-state index is 12.0. The molecule has 120 valence electrons. The van der Waals surface area contributed by atoms with Gasteiger partial charge in [0.1, 0.15) is 0 Å². The smallest absolute Gasteiger partial charge is 0.253 e. The molecule has 0 aliphatic heterocycles. The number of hydrogen-bond donors (Lipinski definition) is 1. The van der Waals surface area contributed by atoms with E-state index in [4.69, 9.17) is 23.2 Å². The second-order valence-corrected chi connectivity index (χ2v) is 7.21. The number of thioether (sulfide) groups is 1. The second-order valence-electron chi connectivity index (χ2n) is 4.98. The molecular weight excluding hydrogens is 351 g/mol. The maximum absolute atomic E-state index is 12.0. The first-order valence-corrected chi connectivity index (χ1v) is 8.60. The highest BCUT2D eigenvalue weighted by Crippen LogP contribution is 2.23. The molecule has 0 spiro atoms. The molecule has 0 heterocycles. The zero-order valence-corrected chi connectivity index (χ0v) is 15.0. The van der Waals surface area contributed by atoms with Crippen LogP contribution in [0.4, 0.5) is 0 Å². The van der Waals surface area contributed by atoms with Gasteiger partial charge in [0.25, 0.3) is 5.91 Å². The molecule has 1 atom stereocenters. The maximum Gasteiger partial charge on any atom is 0.253 e. The van der Waals surface area contributed by atoms with Crippen LogP contribution in [-0.2, 0) is 4.79 Å². The summed E-state index contributed by atoms with van der Waals surface area (Å²) in [5.74, 6) is -0.160. The number of benzene rings is 2. The summed E-state index contributed by atoms with van der Waals surface area (Å²) in [6.07, 6.45) is 1.53. The van der Waals surface area contributed by atoms with E-state index in [-0.39, 0.29) is 11.2 Å². The number of hydrazone groups is 1. The molecule has 0 radical (unpaired) electrons. The van der Waals surface area contributed by atoms with Crippen LogP contribution in [0.15, 0.2) is 52.5 Å². The minimum Gasteiger partial charge on any atom is -0.272 e. The van der Waals surface area contributed by atoms with E-state index in [1.165, 1.54) is 23.5 Å². The number of rotatable bonds is 5. The van der Waals surface area contributed by atoms with Crippen LogP contribution in [-0.4, -0.2) is 17.4 Å². The molecule has 0 unspecified atom stereocenters. The Morgan fingerprint density at radius 1 is 1.17 bits per heavy atom. The van der Waals surface area contributed by atoms with Crippen molar-refractivity contribution in [3.05, 3.63) is 63.6 Å². The third kappa shape index (κ3) is 5.57. The number of carbonyl (C=O) groups excluding carboxylic acids is 1. The van der Waals surface area contributed by atoms with Crippen LogP contribution < -0.4 is 5.43 Å². The Morgan fingerprint density at radius 3 is 2.52 bits per heavy atom. The number of aryl methyl sites for hydroxylation is 1. The van der Waals surface area contributed by atoms with Gasteiger partial charge in [-0.25, -0.2) is 5.43 Å². The Hall–Kier alpha value is -1.49. The molecule has 2 aromatic carbocycles. The molecule has 6 heteroatoms. The van der Waals surface area contributed by atoms with Crippen molar-refractivity contribution < 1.29 is 4.79 Å². The summed E-state index contributed by atoms with van der Waals surface area (Å²) in [4.78, 5) is 13.1. The number of amides is 1. The average molecular weight is 367 g/mol. The highest BCUT2D eigenvalue weighted by molar-refractivity contribution is 8.00. The Morgan fingerprint density at radius 2 is 1.87 bits per heavy atom. The highest BCUT2D eigenvalue weighted by atomic mass is 35.5. The third-order valence-electron chi connectivity index (χ3n) is 3.04. The molecule has 0 aliphatic carbocycles. The molecule has 0 aromatic heterocycles. The molecular formula is C17H16Cl2N2OS. The lowest BCUT2D eigenvalue weighted by Gasteiger charge is -2.09. The standard InChI is InChI=1S/C17H16Cl2N2OS/c1-11-3-6-14(7-4-11)23-12(2)17(22)21-20-10-13-5-8-15(18)16(19)9-13/h3-10,12H,1-2H3,(H,21,22)/b20-10-/t12-/m1/s1. The van der Waals surface area contributed by atoms with E-state index >= 15 is 0 Å². The van der Waals surface area contributed by atoms with Gasteiger partial charge in [-0.3, -0.25) is 4.79 Å². The van der Waals surface area contributed by atoms with Crippen molar-refractivity contribution >= 4 is 47.1 Å². The van der Waals surface area contributed by atoms with Gasteiger partial charge in [-0.05, 0) is 43.7 Å². The lowest BCUT2D eigenvalue weighted by atomic mass is 10.2.